The van der Waals surface area contributed by atoms with Crippen LogP contribution in [0.1, 0.15) is 33.6 Å². The van der Waals surface area contributed by atoms with E-state index in [0.29, 0.717) is 5.92 Å². The lowest BCUT2D eigenvalue weighted by Crippen LogP contribution is -2.44. The quantitative estimate of drug-likeness (QED) is 0.904. The Kier molecular flexibility index (Phi) is 5.32. The van der Waals surface area contributed by atoms with Gasteiger partial charge in [-0.2, -0.15) is 0 Å². The third kappa shape index (κ3) is 4.35. The Balaban J connectivity index is 1.80. The summed E-state index contributed by atoms with van der Waals surface area (Å²) in [6.07, 6.45) is 1.98. The molecule has 2 rings (SSSR count). The number of rotatable bonds is 3. The third-order valence-electron chi connectivity index (χ3n) is 4.06. The maximum absolute atomic E-state index is 13.1. The standard InChI is InChI=1S/C17H24ClFN2O/c1-17(2,3)16(22)21-8-6-12(7-9-21)11-20-13-4-5-15(19)14(18)10-13/h4-5,10,12,20H,6-9,11H2,1-3H3. The fraction of sp³-hybridized carbons (Fsp3) is 0.588. The van der Waals surface area contributed by atoms with Gasteiger partial charge in [-0.05, 0) is 37.0 Å². The molecule has 0 spiro atoms. The van der Waals surface area contributed by atoms with Gasteiger partial charge in [0.2, 0.25) is 5.91 Å². The minimum atomic E-state index is -0.402. The van der Waals surface area contributed by atoms with Gasteiger partial charge >= 0.3 is 0 Å². The van der Waals surface area contributed by atoms with Crippen molar-refractivity contribution in [3.63, 3.8) is 0 Å². The van der Waals surface area contributed by atoms with Gasteiger partial charge in [-0.3, -0.25) is 4.79 Å². The number of carbonyl (C=O) groups excluding carboxylic acids is 1. The number of anilines is 1. The monoisotopic (exact) mass is 326 g/mol. The Hall–Kier alpha value is -1.29. The minimum Gasteiger partial charge on any atom is -0.385 e. The SMILES string of the molecule is CC(C)(C)C(=O)N1CCC(CNc2ccc(F)c(Cl)c2)CC1. The Bertz CT molecular complexity index is 534. The highest BCUT2D eigenvalue weighted by Gasteiger charge is 2.30. The molecule has 1 aromatic carbocycles. The number of nitrogens with zero attached hydrogens (tertiary/aromatic N) is 1. The zero-order chi connectivity index (χ0) is 16.3. The average molecular weight is 327 g/mol. The molecule has 0 unspecified atom stereocenters. The predicted octanol–water partition coefficient (Wildman–Crippen LogP) is 4.18. The molecule has 0 aliphatic carbocycles. The van der Waals surface area contributed by atoms with Crippen LogP contribution >= 0.6 is 11.6 Å². The molecule has 1 saturated heterocycles. The number of halogens is 2. The van der Waals surface area contributed by atoms with E-state index in [0.717, 1.165) is 38.2 Å². The minimum absolute atomic E-state index is 0.135. The van der Waals surface area contributed by atoms with Crippen LogP contribution in [0.3, 0.4) is 0 Å². The van der Waals surface area contributed by atoms with E-state index in [1.807, 2.05) is 25.7 Å². The molecule has 0 saturated carbocycles. The highest BCUT2D eigenvalue weighted by molar-refractivity contribution is 6.31. The summed E-state index contributed by atoms with van der Waals surface area (Å²) >= 11 is 5.77. The number of nitrogens with one attached hydrogen (secondary N) is 1. The first-order chi connectivity index (χ1) is 10.3. The molecule has 22 heavy (non-hydrogen) atoms. The van der Waals surface area contributed by atoms with Crippen molar-refractivity contribution in [1.82, 2.24) is 4.90 Å². The highest BCUT2D eigenvalue weighted by atomic mass is 35.5. The van der Waals surface area contributed by atoms with Gasteiger partial charge in [0.25, 0.3) is 0 Å². The van der Waals surface area contributed by atoms with E-state index in [1.165, 1.54) is 6.07 Å². The molecule has 3 nitrogen and oxygen atoms in total. The Labute approximate surface area is 136 Å². The Morgan fingerprint density at radius 2 is 2.00 bits per heavy atom. The molecule has 1 amide bonds. The molecule has 5 heteroatoms. The van der Waals surface area contributed by atoms with Crippen LogP contribution in [-0.2, 0) is 4.79 Å². The van der Waals surface area contributed by atoms with Gasteiger partial charge in [0.15, 0.2) is 0 Å². The number of amides is 1. The molecule has 1 aliphatic heterocycles. The van der Waals surface area contributed by atoms with Crippen molar-refractivity contribution in [2.45, 2.75) is 33.6 Å². The molecule has 0 radical (unpaired) electrons. The summed E-state index contributed by atoms with van der Waals surface area (Å²) < 4.78 is 13.1. The van der Waals surface area contributed by atoms with Gasteiger partial charge in [0.05, 0.1) is 5.02 Å². The maximum Gasteiger partial charge on any atom is 0.227 e. The lowest BCUT2D eigenvalue weighted by molar-refractivity contribution is -0.140. The van der Waals surface area contributed by atoms with Crippen molar-refractivity contribution in [2.75, 3.05) is 25.0 Å². The van der Waals surface area contributed by atoms with Crippen molar-refractivity contribution in [2.24, 2.45) is 11.3 Å². The fourth-order valence-corrected chi connectivity index (χ4v) is 2.86. The van der Waals surface area contributed by atoms with Gasteiger partial charge < -0.3 is 10.2 Å². The summed E-state index contributed by atoms with van der Waals surface area (Å²) in [6.45, 7) is 8.32. The zero-order valence-electron chi connectivity index (χ0n) is 13.5. The van der Waals surface area contributed by atoms with Crippen LogP contribution in [0.25, 0.3) is 0 Å². The van der Waals surface area contributed by atoms with Crippen LogP contribution in [0.5, 0.6) is 0 Å². The highest BCUT2D eigenvalue weighted by Crippen LogP contribution is 2.25. The summed E-state index contributed by atoms with van der Waals surface area (Å²) in [4.78, 5) is 14.2. The fourth-order valence-electron chi connectivity index (χ4n) is 2.68. The van der Waals surface area contributed by atoms with Crippen molar-refractivity contribution < 1.29 is 9.18 Å². The average Bonchev–Trinajstić information content (AvgIpc) is 2.47. The first kappa shape index (κ1) is 17.1. The second-order valence-corrected chi connectivity index (χ2v) is 7.40. The largest absolute Gasteiger partial charge is 0.385 e. The van der Waals surface area contributed by atoms with Crippen molar-refractivity contribution >= 4 is 23.2 Å². The third-order valence-corrected chi connectivity index (χ3v) is 4.35. The molecule has 122 valence electrons. The second-order valence-electron chi connectivity index (χ2n) is 7.00. The number of benzene rings is 1. The number of hydrogen-bond acceptors (Lipinski definition) is 2. The van der Waals surface area contributed by atoms with Crippen LogP contribution in [0.15, 0.2) is 18.2 Å². The summed E-state index contributed by atoms with van der Waals surface area (Å²) in [5, 5.41) is 3.44. The predicted molar refractivity (Wildman–Crippen MR) is 88.7 cm³/mol. The topological polar surface area (TPSA) is 32.3 Å². The van der Waals surface area contributed by atoms with Crippen molar-refractivity contribution in [3.8, 4) is 0 Å². The van der Waals surface area contributed by atoms with Gasteiger partial charge in [-0.15, -0.1) is 0 Å². The Morgan fingerprint density at radius 1 is 1.36 bits per heavy atom. The number of hydrogen-bond donors (Lipinski definition) is 1. The first-order valence-corrected chi connectivity index (χ1v) is 8.13. The molecule has 1 fully saturated rings. The van der Waals surface area contributed by atoms with Crippen molar-refractivity contribution in [3.05, 3.63) is 29.0 Å². The summed E-state index contributed by atoms with van der Waals surface area (Å²) in [7, 11) is 0. The van der Waals surface area contributed by atoms with E-state index < -0.39 is 5.82 Å². The molecule has 0 aromatic heterocycles. The molecular weight excluding hydrogens is 303 g/mol. The van der Waals surface area contributed by atoms with Crippen LogP contribution < -0.4 is 5.32 Å². The van der Waals surface area contributed by atoms with Gasteiger partial charge in [-0.25, -0.2) is 4.39 Å². The maximum atomic E-state index is 13.1. The first-order valence-electron chi connectivity index (χ1n) is 7.75. The van der Waals surface area contributed by atoms with Crippen LogP contribution in [0.4, 0.5) is 10.1 Å². The van der Waals surface area contributed by atoms with Gasteiger partial charge in [-0.1, -0.05) is 32.4 Å². The molecular formula is C17H24ClFN2O. The second kappa shape index (κ2) is 6.86. The summed E-state index contributed by atoms with van der Waals surface area (Å²) in [5.74, 6) is 0.346. The van der Waals surface area contributed by atoms with E-state index in [-0.39, 0.29) is 16.3 Å². The summed E-state index contributed by atoms with van der Waals surface area (Å²) in [5.41, 5.74) is 0.523. The van der Waals surface area contributed by atoms with Crippen LogP contribution in [0, 0.1) is 17.2 Å². The van der Waals surface area contributed by atoms with Gasteiger partial charge in [0.1, 0.15) is 5.82 Å². The molecule has 0 atom stereocenters. The number of piperidine rings is 1. The summed E-state index contributed by atoms with van der Waals surface area (Å²) in [6, 6.07) is 4.67. The zero-order valence-corrected chi connectivity index (χ0v) is 14.2. The van der Waals surface area contributed by atoms with E-state index >= 15 is 0 Å². The van der Waals surface area contributed by atoms with Crippen molar-refractivity contribution in [1.29, 1.82) is 0 Å². The molecule has 0 bridgehead atoms. The van der Waals surface area contributed by atoms with Gasteiger partial charge in [0, 0.05) is 30.7 Å². The van der Waals surface area contributed by atoms with E-state index in [1.54, 1.807) is 12.1 Å². The van der Waals surface area contributed by atoms with E-state index in [9.17, 15) is 9.18 Å². The lowest BCUT2D eigenvalue weighted by atomic mass is 9.91. The smallest absolute Gasteiger partial charge is 0.227 e. The van der Waals surface area contributed by atoms with Crippen LogP contribution in [-0.4, -0.2) is 30.4 Å². The normalized spacial score (nSPS) is 16.7. The lowest BCUT2D eigenvalue weighted by Gasteiger charge is -2.35. The Morgan fingerprint density at radius 3 is 2.55 bits per heavy atom. The molecule has 1 aliphatic rings. The van der Waals surface area contributed by atoms with E-state index in [2.05, 4.69) is 5.32 Å². The van der Waals surface area contributed by atoms with Crippen LogP contribution in [0.2, 0.25) is 5.02 Å². The number of likely N-dealkylation sites (tertiary alicyclic amines) is 1. The number of carbonyl (C=O) groups is 1. The molecule has 1 heterocycles. The molecule has 1 aromatic rings. The van der Waals surface area contributed by atoms with E-state index in [4.69, 9.17) is 11.6 Å². The molecule has 1 N–H and O–H groups in total.